The standard InChI is InChI=1S/C18H22N4O/c1-2-16(14-6-4-3-5-7-14)21-15-8-9-17(20-12-15)22-11-10-19-18(23)13-22/h3-9,12,16,21H,2,10-11,13H2,1H3,(H,19,23)/t16-/m1/s1. The molecule has 2 heterocycles. The van der Waals surface area contributed by atoms with Crippen molar-refractivity contribution in [2.75, 3.05) is 29.9 Å². The van der Waals surface area contributed by atoms with E-state index in [9.17, 15) is 4.79 Å². The predicted molar refractivity (Wildman–Crippen MR) is 92.6 cm³/mol. The average molecular weight is 310 g/mol. The van der Waals surface area contributed by atoms with Crippen LogP contribution in [0.3, 0.4) is 0 Å². The highest BCUT2D eigenvalue weighted by molar-refractivity contribution is 5.82. The molecule has 1 aromatic heterocycles. The molecule has 1 saturated heterocycles. The molecule has 1 atom stereocenters. The normalized spacial score (nSPS) is 15.9. The lowest BCUT2D eigenvalue weighted by molar-refractivity contribution is -0.120. The number of pyridine rings is 1. The summed E-state index contributed by atoms with van der Waals surface area (Å²) < 4.78 is 0. The Hall–Kier alpha value is -2.56. The van der Waals surface area contributed by atoms with E-state index in [-0.39, 0.29) is 11.9 Å². The van der Waals surface area contributed by atoms with Crippen LogP contribution in [0.15, 0.2) is 48.7 Å². The smallest absolute Gasteiger partial charge is 0.239 e. The first kappa shape index (κ1) is 15.3. The van der Waals surface area contributed by atoms with E-state index in [2.05, 4.69) is 46.8 Å². The zero-order valence-electron chi connectivity index (χ0n) is 13.3. The third kappa shape index (κ3) is 3.80. The minimum absolute atomic E-state index is 0.0513. The summed E-state index contributed by atoms with van der Waals surface area (Å²) in [6.45, 7) is 4.01. The van der Waals surface area contributed by atoms with Crippen molar-refractivity contribution >= 4 is 17.4 Å². The summed E-state index contributed by atoms with van der Waals surface area (Å²) in [5, 5.41) is 6.35. The number of carbonyl (C=O) groups is 1. The quantitative estimate of drug-likeness (QED) is 0.891. The lowest BCUT2D eigenvalue weighted by Crippen LogP contribution is -2.48. The van der Waals surface area contributed by atoms with E-state index in [1.807, 2.05) is 29.3 Å². The third-order valence-corrected chi connectivity index (χ3v) is 4.06. The molecular formula is C18H22N4O. The molecule has 1 amide bonds. The predicted octanol–water partition coefficient (Wildman–Crippen LogP) is 2.58. The van der Waals surface area contributed by atoms with E-state index in [4.69, 9.17) is 0 Å². The molecule has 5 heteroatoms. The van der Waals surface area contributed by atoms with Crippen LogP contribution in [0.1, 0.15) is 24.9 Å². The van der Waals surface area contributed by atoms with E-state index in [1.165, 1.54) is 5.56 Å². The van der Waals surface area contributed by atoms with E-state index in [0.29, 0.717) is 13.1 Å². The second kappa shape index (κ2) is 7.13. The summed E-state index contributed by atoms with van der Waals surface area (Å²) in [6, 6.07) is 14.7. The average Bonchev–Trinajstić information content (AvgIpc) is 2.61. The summed E-state index contributed by atoms with van der Waals surface area (Å²) in [6.07, 6.45) is 2.84. The molecule has 3 rings (SSSR count). The van der Waals surface area contributed by atoms with Crippen molar-refractivity contribution in [3.05, 3.63) is 54.2 Å². The van der Waals surface area contributed by atoms with Crippen molar-refractivity contribution in [1.29, 1.82) is 0 Å². The summed E-state index contributed by atoms with van der Waals surface area (Å²) in [7, 11) is 0. The number of rotatable bonds is 5. The molecule has 1 aliphatic heterocycles. The molecule has 2 N–H and O–H groups in total. The molecule has 1 aromatic carbocycles. The van der Waals surface area contributed by atoms with E-state index in [1.54, 1.807) is 0 Å². The van der Waals surface area contributed by atoms with Crippen LogP contribution in [-0.4, -0.2) is 30.5 Å². The van der Waals surface area contributed by atoms with Crippen molar-refractivity contribution in [3.63, 3.8) is 0 Å². The van der Waals surface area contributed by atoms with E-state index in [0.717, 1.165) is 24.5 Å². The molecule has 0 saturated carbocycles. The molecule has 0 spiro atoms. The molecule has 0 unspecified atom stereocenters. The van der Waals surface area contributed by atoms with Gasteiger partial charge < -0.3 is 15.5 Å². The van der Waals surface area contributed by atoms with Gasteiger partial charge in [0.2, 0.25) is 5.91 Å². The highest BCUT2D eigenvalue weighted by atomic mass is 16.2. The lowest BCUT2D eigenvalue weighted by atomic mass is 10.0. The maximum absolute atomic E-state index is 11.5. The van der Waals surface area contributed by atoms with Crippen LogP contribution in [0.4, 0.5) is 11.5 Å². The second-order valence-corrected chi connectivity index (χ2v) is 5.69. The zero-order valence-corrected chi connectivity index (χ0v) is 13.3. The molecule has 2 aromatic rings. The Morgan fingerprint density at radius 1 is 1.26 bits per heavy atom. The SMILES string of the molecule is CC[C@@H](Nc1ccc(N2CCNC(=O)C2)nc1)c1ccccc1. The van der Waals surface area contributed by atoms with E-state index >= 15 is 0 Å². The molecule has 0 bridgehead atoms. The Morgan fingerprint density at radius 2 is 2.09 bits per heavy atom. The first-order valence-corrected chi connectivity index (χ1v) is 8.05. The number of benzene rings is 1. The van der Waals surface area contributed by atoms with Gasteiger partial charge in [0.05, 0.1) is 24.5 Å². The lowest BCUT2D eigenvalue weighted by Gasteiger charge is -2.27. The number of anilines is 2. The Labute approximate surface area is 136 Å². The summed E-state index contributed by atoms with van der Waals surface area (Å²) in [5.41, 5.74) is 2.26. The van der Waals surface area contributed by atoms with Crippen molar-refractivity contribution in [2.45, 2.75) is 19.4 Å². The number of nitrogens with zero attached hydrogens (tertiary/aromatic N) is 2. The Balaban J connectivity index is 1.68. The van der Waals surface area contributed by atoms with Crippen molar-refractivity contribution < 1.29 is 4.79 Å². The maximum atomic E-state index is 11.5. The van der Waals surface area contributed by atoms with Gasteiger partial charge in [0, 0.05) is 13.1 Å². The molecule has 1 fully saturated rings. The topological polar surface area (TPSA) is 57.3 Å². The van der Waals surface area contributed by atoms with Crippen molar-refractivity contribution in [3.8, 4) is 0 Å². The van der Waals surface area contributed by atoms with Crippen LogP contribution in [0.2, 0.25) is 0 Å². The first-order valence-electron chi connectivity index (χ1n) is 8.05. The number of nitrogens with one attached hydrogen (secondary N) is 2. The van der Waals surface area contributed by atoms with Gasteiger partial charge in [-0.05, 0) is 24.1 Å². The number of piperazine rings is 1. The van der Waals surface area contributed by atoms with Crippen LogP contribution in [0, 0.1) is 0 Å². The molecule has 0 radical (unpaired) electrons. The largest absolute Gasteiger partial charge is 0.377 e. The first-order chi connectivity index (χ1) is 11.3. The number of hydrogen-bond acceptors (Lipinski definition) is 4. The Morgan fingerprint density at radius 3 is 2.74 bits per heavy atom. The second-order valence-electron chi connectivity index (χ2n) is 5.69. The fourth-order valence-corrected chi connectivity index (χ4v) is 2.80. The van der Waals surface area contributed by atoms with Gasteiger partial charge in [0.25, 0.3) is 0 Å². The van der Waals surface area contributed by atoms with Crippen LogP contribution >= 0.6 is 0 Å². The fourth-order valence-electron chi connectivity index (χ4n) is 2.80. The van der Waals surface area contributed by atoms with Crippen molar-refractivity contribution in [2.24, 2.45) is 0 Å². The summed E-state index contributed by atoms with van der Waals surface area (Å²) in [4.78, 5) is 18.0. The molecular weight excluding hydrogens is 288 g/mol. The van der Waals surface area contributed by atoms with Gasteiger partial charge in [0.1, 0.15) is 5.82 Å². The number of hydrogen-bond donors (Lipinski definition) is 2. The molecule has 0 aliphatic carbocycles. The van der Waals surface area contributed by atoms with Crippen LogP contribution in [0.25, 0.3) is 0 Å². The van der Waals surface area contributed by atoms with Gasteiger partial charge in [0.15, 0.2) is 0 Å². The summed E-state index contributed by atoms with van der Waals surface area (Å²) in [5.74, 6) is 0.897. The fraction of sp³-hybridized carbons (Fsp3) is 0.333. The van der Waals surface area contributed by atoms with Gasteiger partial charge in [-0.25, -0.2) is 4.98 Å². The minimum Gasteiger partial charge on any atom is -0.377 e. The monoisotopic (exact) mass is 310 g/mol. The van der Waals surface area contributed by atoms with Crippen LogP contribution in [-0.2, 0) is 4.79 Å². The highest BCUT2D eigenvalue weighted by Crippen LogP contribution is 2.23. The molecule has 1 aliphatic rings. The van der Waals surface area contributed by atoms with Crippen LogP contribution in [0.5, 0.6) is 0 Å². The molecule has 23 heavy (non-hydrogen) atoms. The maximum Gasteiger partial charge on any atom is 0.239 e. The number of aromatic nitrogens is 1. The summed E-state index contributed by atoms with van der Waals surface area (Å²) >= 11 is 0. The molecule has 120 valence electrons. The molecule has 5 nitrogen and oxygen atoms in total. The minimum atomic E-state index is 0.0513. The van der Waals surface area contributed by atoms with Crippen LogP contribution < -0.4 is 15.5 Å². The van der Waals surface area contributed by atoms with Gasteiger partial charge in [-0.2, -0.15) is 0 Å². The Bertz CT molecular complexity index is 642. The number of amides is 1. The van der Waals surface area contributed by atoms with Gasteiger partial charge in [-0.1, -0.05) is 37.3 Å². The third-order valence-electron chi connectivity index (χ3n) is 4.06. The zero-order chi connectivity index (χ0) is 16.1. The van der Waals surface area contributed by atoms with Gasteiger partial charge in [-0.3, -0.25) is 4.79 Å². The number of carbonyl (C=O) groups excluding carboxylic acids is 1. The highest BCUT2D eigenvalue weighted by Gasteiger charge is 2.17. The van der Waals surface area contributed by atoms with Gasteiger partial charge in [-0.15, -0.1) is 0 Å². The van der Waals surface area contributed by atoms with E-state index < -0.39 is 0 Å². The van der Waals surface area contributed by atoms with Gasteiger partial charge >= 0.3 is 0 Å². The van der Waals surface area contributed by atoms with Crippen molar-refractivity contribution in [1.82, 2.24) is 10.3 Å². The Kier molecular flexibility index (Phi) is 4.76.